The Labute approximate surface area is 181 Å². The molecule has 3 heterocycles. The molecule has 3 rings (SSSR count). The summed E-state index contributed by atoms with van der Waals surface area (Å²) in [6, 6.07) is 1.57. The van der Waals surface area contributed by atoms with Gasteiger partial charge in [0.2, 0.25) is 0 Å². The summed E-state index contributed by atoms with van der Waals surface area (Å²) < 4.78 is 4.56. The summed E-state index contributed by atoms with van der Waals surface area (Å²) >= 11 is 12.1. The molecule has 0 unspecified atom stereocenters. The third kappa shape index (κ3) is 4.46. The van der Waals surface area contributed by atoms with Crippen LogP contribution in [-0.4, -0.2) is 46.7 Å². The average Bonchev–Trinajstić information content (AvgIpc) is 3.33. The SMILES string of the molecule is Cc1nn(CCCNC(=O)c2ccn(Cn3nc(C)c([N+](=O)[O-])c3C)n2)c(Cl)c1Cl. The van der Waals surface area contributed by atoms with Gasteiger partial charge in [-0.05, 0) is 33.3 Å². The molecule has 0 saturated carbocycles. The van der Waals surface area contributed by atoms with Crippen LogP contribution in [0.15, 0.2) is 12.3 Å². The van der Waals surface area contributed by atoms with Gasteiger partial charge in [0.1, 0.15) is 33.9 Å². The summed E-state index contributed by atoms with van der Waals surface area (Å²) in [5.74, 6) is -0.325. The van der Waals surface area contributed by atoms with E-state index >= 15 is 0 Å². The lowest BCUT2D eigenvalue weighted by Gasteiger charge is -2.05. The molecule has 1 N–H and O–H groups in total. The van der Waals surface area contributed by atoms with Crippen molar-refractivity contribution in [2.24, 2.45) is 0 Å². The minimum atomic E-state index is -0.457. The van der Waals surface area contributed by atoms with Crippen molar-refractivity contribution in [2.75, 3.05) is 6.54 Å². The molecule has 0 atom stereocenters. The number of nitro groups is 1. The molecule has 0 fully saturated rings. The zero-order valence-electron chi connectivity index (χ0n) is 16.6. The van der Waals surface area contributed by atoms with Crippen LogP contribution in [0.1, 0.15) is 34.0 Å². The molecular weight excluding hydrogens is 435 g/mol. The Balaban J connectivity index is 1.54. The Kier molecular flexibility index (Phi) is 6.42. The maximum absolute atomic E-state index is 12.3. The lowest BCUT2D eigenvalue weighted by atomic mass is 10.3. The van der Waals surface area contributed by atoms with Crippen molar-refractivity contribution >= 4 is 34.8 Å². The molecule has 3 aromatic rings. The highest BCUT2D eigenvalue weighted by molar-refractivity contribution is 6.41. The highest BCUT2D eigenvalue weighted by Crippen LogP contribution is 2.25. The van der Waals surface area contributed by atoms with Gasteiger partial charge in [-0.1, -0.05) is 23.2 Å². The topological polar surface area (TPSA) is 126 Å². The van der Waals surface area contributed by atoms with Crippen LogP contribution in [0.4, 0.5) is 5.69 Å². The molecule has 160 valence electrons. The largest absolute Gasteiger partial charge is 0.351 e. The minimum absolute atomic E-state index is 0.0195. The smallest absolute Gasteiger partial charge is 0.312 e. The number of nitrogens with one attached hydrogen (secondary N) is 1. The first-order valence-corrected chi connectivity index (χ1v) is 9.83. The first-order valence-electron chi connectivity index (χ1n) is 9.07. The molecule has 13 heteroatoms. The van der Waals surface area contributed by atoms with Crippen LogP contribution in [0, 0.1) is 30.9 Å². The quantitative estimate of drug-likeness (QED) is 0.316. The molecule has 0 radical (unpaired) electrons. The molecular formula is C17H20Cl2N8O3. The predicted molar refractivity (Wildman–Crippen MR) is 110 cm³/mol. The summed E-state index contributed by atoms with van der Waals surface area (Å²) in [6.07, 6.45) is 2.23. The van der Waals surface area contributed by atoms with Crippen molar-refractivity contribution in [3.05, 3.63) is 55.3 Å². The Bertz CT molecular complexity index is 1100. The molecule has 0 aromatic carbocycles. The summed E-state index contributed by atoms with van der Waals surface area (Å²) in [5, 5.41) is 27.3. The van der Waals surface area contributed by atoms with Gasteiger partial charge in [0.05, 0.1) is 10.6 Å². The van der Waals surface area contributed by atoms with Gasteiger partial charge in [-0.2, -0.15) is 15.3 Å². The highest BCUT2D eigenvalue weighted by Gasteiger charge is 2.22. The van der Waals surface area contributed by atoms with E-state index in [9.17, 15) is 14.9 Å². The van der Waals surface area contributed by atoms with E-state index < -0.39 is 4.92 Å². The second kappa shape index (κ2) is 8.84. The second-order valence-corrected chi connectivity index (χ2v) is 7.42. The summed E-state index contributed by atoms with van der Waals surface area (Å²) in [6.45, 7) is 6.05. The van der Waals surface area contributed by atoms with Gasteiger partial charge in [0.15, 0.2) is 0 Å². The third-order valence-electron chi connectivity index (χ3n) is 4.51. The molecule has 0 aliphatic heterocycles. The van der Waals surface area contributed by atoms with Gasteiger partial charge in [-0.15, -0.1) is 0 Å². The molecule has 0 bridgehead atoms. The van der Waals surface area contributed by atoms with Gasteiger partial charge in [0.25, 0.3) is 5.91 Å². The monoisotopic (exact) mass is 454 g/mol. The van der Waals surface area contributed by atoms with Crippen molar-refractivity contribution in [1.29, 1.82) is 0 Å². The van der Waals surface area contributed by atoms with Crippen LogP contribution in [0.25, 0.3) is 0 Å². The van der Waals surface area contributed by atoms with Crippen LogP contribution >= 0.6 is 23.2 Å². The van der Waals surface area contributed by atoms with Crippen molar-refractivity contribution < 1.29 is 9.72 Å². The fraction of sp³-hybridized carbons (Fsp3) is 0.412. The molecule has 0 aliphatic rings. The Hall–Kier alpha value is -2.92. The molecule has 0 spiro atoms. The van der Waals surface area contributed by atoms with E-state index in [4.69, 9.17) is 23.2 Å². The van der Waals surface area contributed by atoms with E-state index in [-0.39, 0.29) is 24.0 Å². The minimum Gasteiger partial charge on any atom is -0.351 e. The third-order valence-corrected chi connectivity index (χ3v) is 5.44. The standard InChI is InChI=1S/C17H20Cl2N8O3/c1-10-14(18)16(19)25(21-10)7-4-6-20-17(28)13-5-8-24(23-13)9-26-12(3)15(27(29)30)11(2)22-26/h5,8H,4,6-7,9H2,1-3H3,(H,20,28). The van der Waals surface area contributed by atoms with E-state index in [0.717, 1.165) is 0 Å². The Morgan fingerprint density at radius 3 is 2.47 bits per heavy atom. The number of carbonyl (C=O) groups excluding carboxylic acids is 1. The van der Waals surface area contributed by atoms with Crippen LogP contribution in [0.3, 0.4) is 0 Å². The number of aromatic nitrogens is 6. The number of halogens is 2. The number of rotatable bonds is 8. The van der Waals surface area contributed by atoms with E-state index in [2.05, 4.69) is 20.6 Å². The number of hydrogen-bond acceptors (Lipinski definition) is 6. The van der Waals surface area contributed by atoms with Gasteiger partial charge < -0.3 is 5.32 Å². The van der Waals surface area contributed by atoms with Gasteiger partial charge in [-0.3, -0.25) is 24.3 Å². The Morgan fingerprint density at radius 1 is 1.17 bits per heavy atom. The van der Waals surface area contributed by atoms with E-state index in [1.165, 1.54) is 9.36 Å². The van der Waals surface area contributed by atoms with Crippen LogP contribution in [0.5, 0.6) is 0 Å². The number of amides is 1. The number of aryl methyl sites for hydroxylation is 3. The van der Waals surface area contributed by atoms with E-state index in [1.807, 2.05) is 0 Å². The van der Waals surface area contributed by atoms with Crippen LogP contribution < -0.4 is 5.32 Å². The first-order chi connectivity index (χ1) is 14.2. The van der Waals surface area contributed by atoms with Gasteiger partial charge in [-0.25, -0.2) is 4.68 Å². The fourth-order valence-corrected chi connectivity index (χ4v) is 3.38. The molecule has 0 aliphatic carbocycles. The molecule has 1 amide bonds. The fourth-order valence-electron chi connectivity index (χ4n) is 2.99. The van der Waals surface area contributed by atoms with Crippen LogP contribution in [-0.2, 0) is 13.2 Å². The first kappa shape index (κ1) is 21.8. The zero-order chi connectivity index (χ0) is 22.0. The molecule has 30 heavy (non-hydrogen) atoms. The van der Waals surface area contributed by atoms with E-state index in [1.54, 1.807) is 37.7 Å². The summed E-state index contributed by atoms with van der Waals surface area (Å²) in [4.78, 5) is 22.9. The van der Waals surface area contributed by atoms with E-state index in [0.29, 0.717) is 46.8 Å². The van der Waals surface area contributed by atoms with Gasteiger partial charge >= 0.3 is 5.69 Å². The molecule has 0 saturated heterocycles. The summed E-state index contributed by atoms with van der Waals surface area (Å²) in [5.41, 5.74) is 1.63. The van der Waals surface area contributed by atoms with Crippen molar-refractivity contribution in [2.45, 2.75) is 40.4 Å². The predicted octanol–water partition coefficient (Wildman–Crippen LogP) is 2.74. The maximum Gasteiger partial charge on any atom is 0.312 e. The van der Waals surface area contributed by atoms with Crippen molar-refractivity contribution in [3.8, 4) is 0 Å². The second-order valence-electron chi connectivity index (χ2n) is 6.68. The highest BCUT2D eigenvalue weighted by atomic mass is 35.5. The molecule has 11 nitrogen and oxygen atoms in total. The van der Waals surface area contributed by atoms with Crippen LogP contribution in [0.2, 0.25) is 10.2 Å². The Morgan fingerprint density at radius 2 is 1.87 bits per heavy atom. The van der Waals surface area contributed by atoms with Crippen molar-refractivity contribution in [3.63, 3.8) is 0 Å². The zero-order valence-corrected chi connectivity index (χ0v) is 18.1. The maximum atomic E-state index is 12.3. The van der Waals surface area contributed by atoms with Gasteiger partial charge in [0, 0.05) is 19.3 Å². The number of carbonyl (C=O) groups is 1. The average molecular weight is 455 g/mol. The lowest BCUT2D eigenvalue weighted by Crippen LogP contribution is -2.26. The number of nitrogens with zero attached hydrogens (tertiary/aromatic N) is 7. The number of hydrogen-bond donors (Lipinski definition) is 1. The lowest BCUT2D eigenvalue weighted by molar-refractivity contribution is -0.386. The normalized spacial score (nSPS) is 11.1. The molecule has 3 aromatic heterocycles. The van der Waals surface area contributed by atoms with Crippen molar-refractivity contribution in [1.82, 2.24) is 34.7 Å². The summed E-state index contributed by atoms with van der Waals surface area (Å²) in [7, 11) is 0.